The predicted octanol–water partition coefficient (Wildman–Crippen LogP) is 6.31. The largest absolute Gasteiger partial charge is 0.482 e. The maximum absolute atomic E-state index is 13.0. The van der Waals surface area contributed by atoms with E-state index in [1.165, 1.54) is 23.1 Å². The molecule has 4 rings (SSSR count). The Bertz CT molecular complexity index is 1360. The first-order valence-corrected chi connectivity index (χ1v) is 15.0. The Morgan fingerprint density at radius 1 is 1.33 bits per heavy atom. The highest BCUT2D eigenvalue weighted by Crippen LogP contribution is 2.40. The van der Waals surface area contributed by atoms with Crippen LogP contribution in [0.5, 0.6) is 5.75 Å². The number of benzene rings is 1. The van der Waals surface area contributed by atoms with Gasteiger partial charge < -0.3 is 14.8 Å². The van der Waals surface area contributed by atoms with Crippen molar-refractivity contribution in [2.75, 3.05) is 17.7 Å². The Hall–Kier alpha value is -3.11. The lowest BCUT2D eigenvalue weighted by Crippen LogP contribution is -2.18. The number of esters is 1. The van der Waals surface area contributed by atoms with Crippen LogP contribution in [0.4, 0.5) is 5.00 Å². The molecule has 1 aliphatic rings. The molecule has 208 valence electrons. The third-order valence-corrected chi connectivity index (χ3v) is 8.99. The minimum atomic E-state index is -0.374. The number of ether oxygens (including phenoxy) is 2. The Balaban J connectivity index is 1.48. The molecule has 1 N–H and O–H groups in total. The van der Waals surface area contributed by atoms with Gasteiger partial charge in [0.15, 0.2) is 17.1 Å². The van der Waals surface area contributed by atoms with E-state index in [-0.39, 0.29) is 30.3 Å². The van der Waals surface area contributed by atoms with E-state index in [1.807, 2.05) is 30.5 Å². The van der Waals surface area contributed by atoms with Crippen molar-refractivity contribution >= 4 is 40.0 Å². The Morgan fingerprint density at radius 2 is 2.13 bits per heavy atom. The average molecular weight is 569 g/mol. The number of rotatable bonds is 11. The summed E-state index contributed by atoms with van der Waals surface area (Å²) in [6, 6.07) is 5.96. The second-order valence-electron chi connectivity index (χ2n) is 9.81. The van der Waals surface area contributed by atoms with Gasteiger partial charge in [-0.15, -0.1) is 28.1 Å². The Kier molecular flexibility index (Phi) is 9.50. The number of carbonyl (C=O) groups excluding carboxylic acids is 2. The molecule has 1 aliphatic carbocycles. The lowest BCUT2D eigenvalue weighted by Gasteiger charge is -2.18. The number of aryl methyl sites for hydroxylation is 1. The van der Waals surface area contributed by atoms with Gasteiger partial charge in [0.25, 0.3) is 0 Å². The second kappa shape index (κ2) is 12.8. The van der Waals surface area contributed by atoms with E-state index in [2.05, 4.69) is 42.0 Å². The van der Waals surface area contributed by atoms with Crippen molar-refractivity contribution in [1.82, 2.24) is 14.8 Å². The van der Waals surface area contributed by atoms with E-state index in [0.717, 1.165) is 46.6 Å². The summed E-state index contributed by atoms with van der Waals surface area (Å²) >= 11 is 2.77. The summed E-state index contributed by atoms with van der Waals surface area (Å²) in [6.45, 7) is 14.7. The van der Waals surface area contributed by atoms with E-state index in [4.69, 9.17) is 9.47 Å². The molecule has 2 aromatic heterocycles. The summed E-state index contributed by atoms with van der Waals surface area (Å²) in [4.78, 5) is 27.0. The molecule has 0 spiro atoms. The molecule has 10 heteroatoms. The van der Waals surface area contributed by atoms with Crippen molar-refractivity contribution in [3.05, 3.63) is 63.8 Å². The summed E-state index contributed by atoms with van der Waals surface area (Å²) in [7, 11) is 0. The number of thioether (sulfide) groups is 1. The molecule has 3 aromatic rings. The first-order valence-electron chi connectivity index (χ1n) is 13.2. The van der Waals surface area contributed by atoms with E-state index < -0.39 is 0 Å². The van der Waals surface area contributed by atoms with Gasteiger partial charge in [-0.2, -0.15) is 0 Å². The number of nitrogens with zero attached hydrogens (tertiary/aromatic N) is 3. The van der Waals surface area contributed by atoms with Gasteiger partial charge in [-0.25, -0.2) is 4.79 Å². The number of allylic oxidation sites excluding steroid dienone is 1. The number of nitrogens with one attached hydrogen (secondary N) is 1. The summed E-state index contributed by atoms with van der Waals surface area (Å²) in [5.74, 6) is 1.53. The Morgan fingerprint density at radius 3 is 2.87 bits per heavy atom. The first kappa shape index (κ1) is 28.9. The van der Waals surface area contributed by atoms with Crippen LogP contribution in [0, 0.1) is 19.8 Å². The van der Waals surface area contributed by atoms with Crippen molar-refractivity contribution in [1.29, 1.82) is 0 Å². The number of anilines is 1. The van der Waals surface area contributed by atoms with Crippen molar-refractivity contribution in [3.63, 3.8) is 0 Å². The van der Waals surface area contributed by atoms with Crippen LogP contribution in [-0.4, -0.2) is 39.0 Å². The van der Waals surface area contributed by atoms with Crippen LogP contribution in [0.1, 0.15) is 71.0 Å². The predicted molar refractivity (Wildman–Crippen MR) is 156 cm³/mol. The third-order valence-electron chi connectivity index (χ3n) is 6.86. The highest BCUT2D eigenvalue weighted by Gasteiger charge is 2.29. The molecule has 0 bridgehead atoms. The Labute approximate surface area is 238 Å². The van der Waals surface area contributed by atoms with E-state index in [0.29, 0.717) is 34.0 Å². The van der Waals surface area contributed by atoms with Crippen LogP contribution in [0.15, 0.2) is 36.0 Å². The molecule has 0 aliphatic heterocycles. The van der Waals surface area contributed by atoms with Gasteiger partial charge in [-0.1, -0.05) is 36.9 Å². The molecule has 2 atom stereocenters. The molecular weight excluding hydrogens is 532 g/mol. The van der Waals surface area contributed by atoms with Gasteiger partial charge in [0.1, 0.15) is 10.8 Å². The fourth-order valence-corrected chi connectivity index (χ4v) is 6.82. The minimum Gasteiger partial charge on any atom is -0.482 e. The van der Waals surface area contributed by atoms with E-state index >= 15 is 0 Å². The topological polar surface area (TPSA) is 95.3 Å². The number of aromatic nitrogens is 3. The van der Waals surface area contributed by atoms with Crippen molar-refractivity contribution in [3.8, 4) is 5.75 Å². The van der Waals surface area contributed by atoms with Crippen molar-refractivity contribution < 1.29 is 19.1 Å². The fourth-order valence-electron chi connectivity index (χ4n) is 4.65. The summed E-state index contributed by atoms with van der Waals surface area (Å²) in [6.07, 6.45) is 4.17. The molecule has 1 aromatic carbocycles. The van der Waals surface area contributed by atoms with Crippen molar-refractivity contribution in [2.24, 2.45) is 5.92 Å². The zero-order valence-electron chi connectivity index (χ0n) is 23.2. The monoisotopic (exact) mass is 568 g/mol. The zero-order chi connectivity index (χ0) is 28.1. The first-order chi connectivity index (χ1) is 18.7. The molecule has 2 unspecified atom stereocenters. The fraction of sp³-hybridized carbons (Fsp3) is 0.448. The summed E-state index contributed by atoms with van der Waals surface area (Å²) in [5.41, 5.74) is 3.77. The summed E-state index contributed by atoms with van der Waals surface area (Å²) < 4.78 is 13.5. The van der Waals surface area contributed by atoms with Gasteiger partial charge in [-0.05, 0) is 75.6 Å². The lowest BCUT2D eigenvalue weighted by molar-refractivity contribution is -0.113. The molecule has 39 heavy (non-hydrogen) atoms. The third kappa shape index (κ3) is 6.55. The minimum absolute atomic E-state index is 0.114. The van der Waals surface area contributed by atoms with E-state index in [9.17, 15) is 9.59 Å². The lowest BCUT2D eigenvalue weighted by atomic mass is 9.88. The zero-order valence-corrected chi connectivity index (χ0v) is 24.8. The SMILES string of the molecule is C=CCn1c(SCC(=O)Nc2sc3c(c2C(=O)OCC)CCC(C)C3)nnc1C(C)Oc1cccc(C)c1C. The molecule has 2 heterocycles. The standard InChI is InChI=1S/C29H36N4O4S2/c1-7-14-33-26(20(6)37-22-11-9-10-18(4)19(22)5)31-32-29(33)38-16-24(34)30-27-25(28(35)36-8-2)21-13-12-17(3)15-23(21)39-27/h7,9-11,17,20H,1,8,12-16H2,2-6H3,(H,30,34). The maximum Gasteiger partial charge on any atom is 0.341 e. The van der Waals surface area contributed by atoms with Gasteiger partial charge in [0.2, 0.25) is 5.91 Å². The number of hydrogen-bond acceptors (Lipinski definition) is 8. The normalized spacial score (nSPS) is 15.4. The molecule has 0 radical (unpaired) electrons. The van der Waals surface area contributed by atoms with Crippen molar-refractivity contribution in [2.45, 2.75) is 71.7 Å². The van der Waals surface area contributed by atoms with Gasteiger partial charge in [0, 0.05) is 11.4 Å². The van der Waals surface area contributed by atoms with Crippen LogP contribution in [0.25, 0.3) is 0 Å². The molecule has 1 amide bonds. The highest BCUT2D eigenvalue weighted by atomic mass is 32.2. The number of thiophene rings is 1. The van der Waals surface area contributed by atoms with Crippen LogP contribution < -0.4 is 10.1 Å². The molecule has 0 fully saturated rings. The maximum atomic E-state index is 13.0. The molecule has 8 nitrogen and oxygen atoms in total. The van der Waals surface area contributed by atoms with Crippen LogP contribution in [0.3, 0.4) is 0 Å². The average Bonchev–Trinajstić information content (AvgIpc) is 3.46. The van der Waals surface area contributed by atoms with Gasteiger partial charge in [-0.3, -0.25) is 9.36 Å². The number of hydrogen-bond donors (Lipinski definition) is 1. The number of carbonyl (C=O) groups is 2. The molecule has 0 saturated heterocycles. The van der Waals surface area contributed by atoms with Crippen LogP contribution in [-0.2, 0) is 28.9 Å². The number of amides is 1. The van der Waals surface area contributed by atoms with Crippen LogP contribution >= 0.6 is 23.1 Å². The van der Waals surface area contributed by atoms with E-state index in [1.54, 1.807) is 13.0 Å². The van der Waals surface area contributed by atoms with Gasteiger partial charge >= 0.3 is 5.97 Å². The number of fused-ring (bicyclic) bond motifs is 1. The molecular formula is C29H36N4O4S2. The smallest absolute Gasteiger partial charge is 0.341 e. The quantitative estimate of drug-likeness (QED) is 0.164. The van der Waals surface area contributed by atoms with Gasteiger partial charge in [0.05, 0.1) is 17.9 Å². The molecule has 0 saturated carbocycles. The highest BCUT2D eigenvalue weighted by molar-refractivity contribution is 7.99. The van der Waals surface area contributed by atoms with Crippen LogP contribution in [0.2, 0.25) is 0 Å². The second-order valence-corrected chi connectivity index (χ2v) is 11.9. The summed E-state index contributed by atoms with van der Waals surface area (Å²) in [5, 5.41) is 12.9.